The van der Waals surface area contributed by atoms with Crippen LogP contribution in [0.5, 0.6) is 0 Å². The standard InChI is InChI=1S/C32H61NO7/c1-6-8-9-10-11-12-13-14-15-16-17-18-19-20-21-23-31(35)40-28(27-39-30(34)22-7-2)26-38-25-24-29(32(36)37)33(3,4)5/h28-29H,6-27H2,1-5H3. The number of nitrogens with zero attached hydrogens (tertiary/aromatic N) is 1. The average Bonchev–Trinajstić information content (AvgIpc) is 2.88. The minimum absolute atomic E-state index is 0.0426. The Morgan fingerprint density at radius 2 is 1.15 bits per heavy atom. The molecule has 0 fully saturated rings. The van der Waals surface area contributed by atoms with E-state index in [2.05, 4.69) is 6.92 Å². The number of likely N-dealkylation sites (N-methyl/N-ethyl adjacent to an activating group) is 1. The number of hydrogen-bond acceptors (Lipinski definition) is 7. The Hall–Kier alpha value is -1.67. The first-order chi connectivity index (χ1) is 19.1. The molecule has 0 rings (SSSR count). The lowest BCUT2D eigenvalue weighted by atomic mass is 10.0. The molecule has 2 unspecified atom stereocenters. The van der Waals surface area contributed by atoms with Crippen molar-refractivity contribution < 1.29 is 38.2 Å². The molecule has 0 radical (unpaired) electrons. The van der Waals surface area contributed by atoms with E-state index in [1.165, 1.54) is 77.0 Å². The third-order valence-electron chi connectivity index (χ3n) is 7.21. The highest BCUT2D eigenvalue weighted by Gasteiger charge is 2.25. The van der Waals surface area contributed by atoms with Gasteiger partial charge in [0.1, 0.15) is 12.6 Å². The number of ether oxygens (including phenoxy) is 3. The van der Waals surface area contributed by atoms with Crippen LogP contribution in [0.25, 0.3) is 0 Å². The zero-order valence-corrected chi connectivity index (χ0v) is 26.5. The molecule has 0 spiro atoms. The summed E-state index contributed by atoms with van der Waals surface area (Å²) < 4.78 is 16.6. The first-order valence-electron chi connectivity index (χ1n) is 16.1. The van der Waals surface area contributed by atoms with E-state index >= 15 is 0 Å². The number of carbonyl (C=O) groups is 3. The van der Waals surface area contributed by atoms with Crippen LogP contribution in [0.3, 0.4) is 0 Å². The van der Waals surface area contributed by atoms with E-state index in [9.17, 15) is 19.5 Å². The molecule has 0 aliphatic heterocycles. The summed E-state index contributed by atoms with van der Waals surface area (Å²) in [6.45, 7) is 4.29. The highest BCUT2D eigenvalue weighted by molar-refractivity contribution is 5.70. The van der Waals surface area contributed by atoms with Gasteiger partial charge in [-0.3, -0.25) is 9.59 Å². The lowest BCUT2D eigenvalue weighted by Crippen LogP contribution is -2.55. The smallest absolute Gasteiger partial charge is 0.306 e. The van der Waals surface area contributed by atoms with Gasteiger partial charge in [0.2, 0.25) is 0 Å². The molecule has 0 aliphatic rings. The molecular formula is C32H61NO7. The molecule has 8 heteroatoms. The maximum Gasteiger partial charge on any atom is 0.306 e. The van der Waals surface area contributed by atoms with Crippen LogP contribution >= 0.6 is 0 Å². The molecule has 8 nitrogen and oxygen atoms in total. The van der Waals surface area contributed by atoms with Gasteiger partial charge in [0, 0.05) is 19.3 Å². The van der Waals surface area contributed by atoms with Crippen LogP contribution in [0.2, 0.25) is 0 Å². The van der Waals surface area contributed by atoms with Crippen molar-refractivity contribution in [3.8, 4) is 0 Å². The summed E-state index contributed by atoms with van der Waals surface area (Å²) in [5, 5.41) is 11.4. The summed E-state index contributed by atoms with van der Waals surface area (Å²) in [6.07, 6.45) is 19.8. The van der Waals surface area contributed by atoms with Gasteiger partial charge in [0.05, 0.1) is 40.3 Å². The lowest BCUT2D eigenvalue weighted by molar-refractivity contribution is -0.889. The quantitative estimate of drug-likeness (QED) is 0.0671. The largest absolute Gasteiger partial charge is 0.544 e. The molecule has 0 bridgehead atoms. The molecule has 0 aromatic heterocycles. The summed E-state index contributed by atoms with van der Waals surface area (Å²) >= 11 is 0. The summed E-state index contributed by atoms with van der Waals surface area (Å²) in [5.74, 6) is -1.79. The number of carboxylic acid groups (broad SMARTS) is 1. The number of hydrogen-bond donors (Lipinski definition) is 0. The van der Waals surface area contributed by atoms with Crippen molar-refractivity contribution in [2.75, 3.05) is 41.0 Å². The minimum atomic E-state index is -1.13. The number of carbonyl (C=O) groups excluding carboxylic acids is 3. The third-order valence-corrected chi connectivity index (χ3v) is 7.21. The van der Waals surface area contributed by atoms with Gasteiger partial charge in [0.15, 0.2) is 6.10 Å². The summed E-state index contributed by atoms with van der Waals surface area (Å²) in [6, 6.07) is -0.714. The first kappa shape index (κ1) is 38.3. The van der Waals surface area contributed by atoms with Gasteiger partial charge in [-0.15, -0.1) is 0 Å². The van der Waals surface area contributed by atoms with Crippen LogP contribution < -0.4 is 5.11 Å². The number of esters is 2. The molecule has 0 amide bonds. The normalized spacial score (nSPS) is 13.1. The predicted octanol–water partition coefficient (Wildman–Crippen LogP) is 5.73. The molecule has 0 saturated carbocycles. The maximum absolute atomic E-state index is 12.4. The molecule has 236 valence electrons. The molecule has 0 aromatic carbocycles. The number of carboxylic acids is 1. The Labute approximate surface area is 245 Å². The van der Waals surface area contributed by atoms with Gasteiger partial charge < -0.3 is 28.6 Å². The zero-order valence-electron chi connectivity index (χ0n) is 26.5. The number of unbranched alkanes of at least 4 members (excludes halogenated alkanes) is 14. The van der Waals surface area contributed by atoms with Gasteiger partial charge in [-0.1, -0.05) is 104 Å². The maximum atomic E-state index is 12.4. The zero-order chi connectivity index (χ0) is 30.1. The van der Waals surface area contributed by atoms with Crippen molar-refractivity contribution in [1.82, 2.24) is 0 Å². The van der Waals surface area contributed by atoms with E-state index in [0.717, 1.165) is 19.3 Å². The van der Waals surface area contributed by atoms with E-state index in [1.807, 2.05) is 6.92 Å². The van der Waals surface area contributed by atoms with Gasteiger partial charge in [-0.2, -0.15) is 0 Å². The Morgan fingerprint density at radius 3 is 1.60 bits per heavy atom. The molecule has 0 heterocycles. The fourth-order valence-electron chi connectivity index (χ4n) is 4.69. The summed E-state index contributed by atoms with van der Waals surface area (Å²) in [5.41, 5.74) is 0. The molecule has 0 N–H and O–H groups in total. The lowest BCUT2D eigenvalue weighted by Gasteiger charge is -2.34. The molecule has 0 aromatic rings. The van der Waals surface area contributed by atoms with Crippen LogP contribution in [-0.4, -0.2) is 75.5 Å². The second-order valence-corrected chi connectivity index (χ2v) is 12.1. The fourth-order valence-corrected chi connectivity index (χ4v) is 4.69. The number of quaternary nitrogens is 1. The SMILES string of the molecule is CCCCCCCCCCCCCCCCCC(=O)OC(COCCC(C(=O)[O-])[N+](C)(C)C)COC(=O)CCC. The molecule has 40 heavy (non-hydrogen) atoms. The molecule has 2 atom stereocenters. The van der Waals surface area contributed by atoms with Crippen molar-refractivity contribution >= 4 is 17.9 Å². The van der Waals surface area contributed by atoms with Crippen LogP contribution in [0.15, 0.2) is 0 Å². The number of rotatable bonds is 28. The fraction of sp³-hybridized carbons (Fsp3) is 0.906. The molecular weight excluding hydrogens is 510 g/mol. The van der Waals surface area contributed by atoms with E-state index in [4.69, 9.17) is 14.2 Å². The van der Waals surface area contributed by atoms with Crippen LogP contribution in [0.1, 0.15) is 136 Å². The highest BCUT2D eigenvalue weighted by Crippen LogP contribution is 2.14. The van der Waals surface area contributed by atoms with Gasteiger partial charge >= 0.3 is 11.9 Å². The van der Waals surface area contributed by atoms with Crippen molar-refractivity contribution in [2.45, 2.75) is 148 Å². The Morgan fingerprint density at radius 1 is 0.650 bits per heavy atom. The summed E-state index contributed by atoms with van der Waals surface area (Å²) in [7, 11) is 5.36. The minimum Gasteiger partial charge on any atom is -0.544 e. The Bertz CT molecular complexity index is 648. The Kier molecular flexibility index (Phi) is 24.0. The van der Waals surface area contributed by atoms with Gasteiger partial charge in [0.25, 0.3) is 0 Å². The highest BCUT2D eigenvalue weighted by atomic mass is 16.6. The predicted molar refractivity (Wildman–Crippen MR) is 158 cm³/mol. The van der Waals surface area contributed by atoms with Gasteiger partial charge in [-0.25, -0.2) is 0 Å². The van der Waals surface area contributed by atoms with E-state index < -0.39 is 18.1 Å². The summed E-state index contributed by atoms with van der Waals surface area (Å²) in [4.78, 5) is 35.6. The Balaban J connectivity index is 4.12. The number of aliphatic carboxylic acids is 1. The van der Waals surface area contributed by atoms with E-state index in [1.54, 1.807) is 21.1 Å². The molecule has 0 saturated heterocycles. The second-order valence-electron chi connectivity index (χ2n) is 12.1. The molecule has 0 aliphatic carbocycles. The van der Waals surface area contributed by atoms with Crippen molar-refractivity contribution in [2.24, 2.45) is 0 Å². The van der Waals surface area contributed by atoms with Crippen LogP contribution in [0, 0.1) is 0 Å². The van der Waals surface area contributed by atoms with Crippen molar-refractivity contribution in [1.29, 1.82) is 0 Å². The third kappa shape index (κ3) is 23.1. The first-order valence-corrected chi connectivity index (χ1v) is 16.1. The van der Waals surface area contributed by atoms with E-state index in [-0.39, 0.29) is 42.7 Å². The monoisotopic (exact) mass is 571 g/mol. The van der Waals surface area contributed by atoms with Gasteiger partial charge in [-0.05, 0) is 12.8 Å². The second kappa shape index (κ2) is 25.1. The van der Waals surface area contributed by atoms with E-state index in [0.29, 0.717) is 19.3 Å². The van der Waals surface area contributed by atoms with Crippen molar-refractivity contribution in [3.05, 3.63) is 0 Å². The van der Waals surface area contributed by atoms with Crippen LogP contribution in [-0.2, 0) is 28.6 Å². The van der Waals surface area contributed by atoms with Crippen molar-refractivity contribution in [3.63, 3.8) is 0 Å². The topological polar surface area (TPSA) is 102 Å². The average molecular weight is 572 g/mol. The van der Waals surface area contributed by atoms with Crippen LogP contribution in [0.4, 0.5) is 0 Å².